The quantitative estimate of drug-likeness (QED) is 0.892. The Bertz CT molecular complexity index is 450. The number of nitrogens with zero attached hydrogens (tertiary/aromatic N) is 2. The molecule has 1 N–H and O–H groups in total. The van der Waals surface area contributed by atoms with Crippen LogP contribution in [0.3, 0.4) is 0 Å². The molecule has 0 aliphatic rings. The highest BCUT2D eigenvalue weighted by Crippen LogP contribution is 2.13. The molecule has 2 heterocycles. The van der Waals surface area contributed by atoms with Crippen molar-refractivity contribution in [3.8, 4) is 0 Å². The number of carbonyl (C=O) groups is 1. The summed E-state index contributed by atoms with van der Waals surface area (Å²) in [6, 6.07) is 0. The molecule has 15 heavy (non-hydrogen) atoms. The summed E-state index contributed by atoms with van der Waals surface area (Å²) in [4.78, 5) is 19.7. The van der Waals surface area contributed by atoms with Gasteiger partial charge >= 0.3 is 0 Å². The molecule has 2 rings (SSSR count). The van der Waals surface area contributed by atoms with Crippen LogP contribution in [0.4, 0.5) is 5.13 Å². The molecule has 0 unspecified atom stereocenters. The number of thiazole rings is 2. The molecule has 0 atom stereocenters. The topological polar surface area (TPSA) is 54.9 Å². The summed E-state index contributed by atoms with van der Waals surface area (Å²) >= 11 is 2.91. The van der Waals surface area contributed by atoms with Crippen LogP contribution in [0.15, 0.2) is 17.0 Å². The normalized spacial score (nSPS) is 10.2. The molecule has 2 aromatic rings. The van der Waals surface area contributed by atoms with Gasteiger partial charge in [0.25, 0.3) is 0 Å². The van der Waals surface area contributed by atoms with Gasteiger partial charge in [0.05, 0.1) is 6.42 Å². The fourth-order valence-corrected chi connectivity index (χ4v) is 2.39. The highest BCUT2D eigenvalue weighted by atomic mass is 32.1. The van der Waals surface area contributed by atoms with Crippen molar-refractivity contribution in [2.45, 2.75) is 13.3 Å². The predicted molar refractivity (Wildman–Crippen MR) is 61.3 cm³/mol. The van der Waals surface area contributed by atoms with Gasteiger partial charge in [-0.1, -0.05) is 0 Å². The smallest absolute Gasteiger partial charge is 0.233 e. The van der Waals surface area contributed by atoms with Crippen LogP contribution in [0.5, 0.6) is 0 Å². The maximum atomic E-state index is 11.5. The van der Waals surface area contributed by atoms with Gasteiger partial charge in [0, 0.05) is 22.7 Å². The van der Waals surface area contributed by atoms with Crippen LogP contribution in [-0.4, -0.2) is 15.9 Å². The lowest BCUT2D eigenvalue weighted by Crippen LogP contribution is -2.13. The van der Waals surface area contributed by atoms with Crippen LogP contribution >= 0.6 is 22.7 Å². The zero-order valence-electron chi connectivity index (χ0n) is 8.06. The second kappa shape index (κ2) is 4.50. The number of anilines is 1. The van der Waals surface area contributed by atoms with Crippen molar-refractivity contribution < 1.29 is 4.79 Å². The van der Waals surface area contributed by atoms with Gasteiger partial charge in [0.15, 0.2) is 5.13 Å². The maximum absolute atomic E-state index is 11.5. The summed E-state index contributed by atoms with van der Waals surface area (Å²) in [6.07, 6.45) is 1.98. The lowest BCUT2D eigenvalue weighted by molar-refractivity contribution is -0.115. The average Bonchev–Trinajstić information content (AvgIpc) is 2.77. The van der Waals surface area contributed by atoms with Crippen molar-refractivity contribution in [1.82, 2.24) is 9.97 Å². The number of aryl methyl sites for hydroxylation is 1. The van der Waals surface area contributed by atoms with Gasteiger partial charge in [0.1, 0.15) is 5.01 Å². The first-order valence-electron chi connectivity index (χ1n) is 4.34. The number of aromatic nitrogens is 2. The van der Waals surface area contributed by atoms with Crippen molar-refractivity contribution in [1.29, 1.82) is 0 Å². The third-order valence-corrected chi connectivity index (χ3v) is 3.31. The molecule has 0 saturated carbocycles. The molecule has 78 valence electrons. The standard InChI is InChI=1S/C9H9N3OS2/c1-6-5-15-8(11-6)4-7(13)12-9-10-2-3-14-9/h2-3,5H,4H2,1H3,(H,10,12,13). The van der Waals surface area contributed by atoms with Crippen LogP contribution in [0, 0.1) is 6.92 Å². The average molecular weight is 239 g/mol. The van der Waals surface area contributed by atoms with E-state index in [9.17, 15) is 4.79 Å². The molecule has 0 spiro atoms. The maximum Gasteiger partial charge on any atom is 0.233 e. The minimum atomic E-state index is -0.0701. The summed E-state index contributed by atoms with van der Waals surface area (Å²) in [5.74, 6) is -0.0701. The Labute approximate surface area is 95.0 Å². The van der Waals surface area contributed by atoms with Gasteiger partial charge in [-0.15, -0.1) is 22.7 Å². The van der Waals surface area contributed by atoms with E-state index in [0.29, 0.717) is 11.6 Å². The fraction of sp³-hybridized carbons (Fsp3) is 0.222. The third kappa shape index (κ3) is 2.84. The van der Waals surface area contributed by atoms with E-state index in [1.807, 2.05) is 17.7 Å². The molecular weight excluding hydrogens is 230 g/mol. The Morgan fingerprint density at radius 1 is 1.53 bits per heavy atom. The monoisotopic (exact) mass is 239 g/mol. The molecule has 0 saturated heterocycles. The summed E-state index contributed by atoms with van der Waals surface area (Å²) in [6.45, 7) is 1.92. The summed E-state index contributed by atoms with van der Waals surface area (Å²) in [5.41, 5.74) is 0.956. The Balaban J connectivity index is 1.93. The van der Waals surface area contributed by atoms with Gasteiger partial charge in [-0.2, -0.15) is 0 Å². The lowest BCUT2D eigenvalue weighted by Gasteiger charge is -1.97. The van der Waals surface area contributed by atoms with E-state index in [1.165, 1.54) is 22.7 Å². The van der Waals surface area contributed by atoms with Crippen molar-refractivity contribution in [2.75, 3.05) is 5.32 Å². The lowest BCUT2D eigenvalue weighted by atomic mass is 10.4. The van der Waals surface area contributed by atoms with Crippen LogP contribution in [0.2, 0.25) is 0 Å². The Hall–Kier alpha value is -1.27. The second-order valence-corrected chi connectivity index (χ2v) is 4.78. The highest BCUT2D eigenvalue weighted by molar-refractivity contribution is 7.13. The summed E-state index contributed by atoms with van der Waals surface area (Å²) in [5, 5.41) is 7.94. The predicted octanol–water partition coefficient (Wildman–Crippen LogP) is 2.09. The summed E-state index contributed by atoms with van der Waals surface area (Å²) < 4.78 is 0. The number of hydrogen-bond donors (Lipinski definition) is 1. The Kier molecular flexibility index (Phi) is 3.08. The number of nitrogens with one attached hydrogen (secondary N) is 1. The van der Waals surface area contributed by atoms with Gasteiger partial charge in [-0.05, 0) is 6.92 Å². The molecular formula is C9H9N3OS2. The number of rotatable bonds is 3. The zero-order chi connectivity index (χ0) is 10.7. The largest absolute Gasteiger partial charge is 0.302 e. The molecule has 0 aliphatic heterocycles. The van der Waals surface area contributed by atoms with Crippen molar-refractivity contribution in [2.24, 2.45) is 0 Å². The Morgan fingerprint density at radius 2 is 2.40 bits per heavy atom. The second-order valence-electron chi connectivity index (χ2n) is 2.94. The van der Waals surface area contributed by atoms with Crippen LogP contribution in [0.1, 0.15) is 10.7 Å². The molecule has 0 aromatic carbocycles. The zero-order valence-corrected chi connectivity index (χ0v) is 9.69. The van der Waals surface area contributed by atoms with Crippen molar-refractivity contribution in [3.63, 3.8) is 0 Å². The molecule has 6 heteroatoms. The van der Waals surface area contributed by atoms with E-state index in [0.717, 1.165) is 10.7 Å². The number of carbonyl (C=O) groups excluding carboxylic acids is 1. The van der Waals surface area contributed by atoms with Crippen LogP contribution in [-0.2, 0) is 11.2 Å². The first-order valence-corrected chi connectivity index (χ1v) is 6.10. The van der Waals surface area contributed by atoms with Gasteiger partial charge in [0.2, 0.25) is 5.91 Å². The van der Waals surface area contributed by atoms with Crippen molar-refractivity contribution in [3.05, 3.63) is 27.7 Å². The first kappa shape index (κ1) is 10.3. The van der Waals surface area contributed by atoms with Gasteiger partial charge < -0.3 is 5.32 Å². The van der Waals surface area contributed by atoms with Gasteiger partial charge in [-0.25, -0.2) is 9.97 Å². The highest BCUT2D eigenvalue weighted by Gasteiger charge is 2.07. The van der Waals surface area contributed by atoms with E-state index in [1.54, 1.807) is 6.20 Å². The first-order chi connectivity index (χ1) is 7.24. The molecule has 0 aliphatic carbocycles. The fourth-order valence-electron chi connectivity index (χ4n) is 1.07. The van der Waals surface area contributed by atoms with E-state index >= 15 is 0 Å². The third-order valence-electron chi connectivity index (χ3n) is 1.66. The minimum absolute atomic E-state index is 0.0701. The van der Waals surface area contributed by atoms with E-state index < -0.39 is 0 Å². The van der Waals surface area contributed by atoms with E-state index in [2.05, 4.69) is 15.3 Å². The van der Waals surface area contributed by atoms with Gasteiger partial charge in [-0.3, -0.25) is 4.79 Å². The number of hydrogen-bond acceptors (Lipinski definition) is 5. The summed E-state index contributed by atoms with van der Waals surface area (Å²) in [7, 11) is 0. The van der Waals surface area contributed by atoms with Crippen LogP contribution in [0.25, 0.3) is 0 Å². The Morgan fingerprint density at radius 3 is 3.00 bits per heavy atom. The molecule has 2 aromatic heterocycles. The SMILES string of the molecule is Cc1csc(CC(=O)Nc2nccs2)n1. The van der Waals surface area contributed by atoms with E-state index in [4.69, 9.17) is 0 Å². The number of amides is 1. The van der Waals surface area contributed by atoms with E-state index in [-0.39, 0.29) is 5.91 Å². The van der Waals surface area contributed by atoms with Crippen LogP contribution < -0.4 is 5.32 Å². The molecule has 4 nitrogen and oxygen atoms in total. The minimum Gasteiger partial charge on any atom is -0.302 e. The molecule has 1 amide bonds. The van der Waals surface area contributed by atoms with Crippen molar-refractivity contribution >= 4 is 33.7 Å². The molecule has 0 radical (unpaired) electrons. The molecule has 0 bridgehead atoms. The molecule has 0 fully saturated rings.